The first-order chi connectivity index (χ1) is 12.7. The molecule has 0 saturated heterocycles. The van der Waals surface area contributed by atoms with Crippen molar-refractivity contribution in [2.75, 3.05) is 25.6 Å². The highest BCUT2D eigenvalue weighted by Crippen LogP contribution is 2.34. The number of nitro groups is 1. The van der Waals surface area contributed by atoms with E-state index in [1.807, 2.05) is 36.4 Å². The van der Waals surface area contributed by atoms with Gasteiger partial charge in [-0.25, -0.2) is 4.98 Å². The van der Waals surface area contributed by atoms with Crippen LogP contribution < -0.4 is 10.1 Å². The van der Waals surface area contributed by atoms with Crippen LogP contribution >= 0.6 is 0 Å². The van der Waals surface area contributed by atoms with Gasteiger partial charge in [0.25, 0.3) is 0 Å². The van der Waals surface area contributed by atoms with E-state index in [0.29, 0.717) is 25.3 Å². The standard InChI is InChI=1S/C18H18N4O4/c1-25-10-4-9-19-17-16(22(23)24)18(21-12-20-17)26-15-8-7-13-5-2-3-6-14(13)11-15/h2-3,5-8,11-12H,4,9-10H2,1H3,(H,19,20,21). The smallest absolute Gasteiger partial charge is 0.373 e. The summed E-state index contributed by atoms with van der Waals surface area (Å²) in [6.07, 6.45) is 1.93. The number of rotatable bonds is 8. The van der Waals surface area contributed by atoms with Crippen LogP contribution in [-0.4, -0.2) is 35.2 Å². The zero-order valence-corrected chi connectivity index (χ0v) is 14.2. The highest BCUT2D eigenvalue weighted by molar-refractivity contribution is 5.83. The lowest BCUT2D eigenvalue weighted by Crippen LogP contribution is -2.09. The molecule has 134 valence electrons. The Hall–Kier alpha value is -3.26. The maximum absolute atomic E-state index is 11.5. The lowest BCUT2D eigenvalue weighted by molar-refractivity contribution is -0.385. The predicted octanol–water partition coefficient (Wildman–Crippen LogP) is 3.78. The van der Waals surface area contributed by atoms with Gasteiger partial charge in [0.1, 0.15) is 12.1 Å². The lowest BCUT2D eigenvalue weighted by atomic mass is 10.1. The van der Waals surface area contributed by atoms with Gasteiger partial charge in [-0.05, 0) is 29.3 Å². The molecule has 1 heterocycles. The summed E-state index contributed by atoms with van der Waals surface area (Å²) < 4.78 is 10.7. The van der Waals surface area contributed by atoms with Crippen LogP contribution in [0.4, 0.5) is 11.5 Å². The molecule has 26 heavy (non-hydrogen) atoms. The minimum atomic E-state index is -0.547. The molecule has 0 aliphatic rings. The quantitative estimate of drug-likeness (QED) is 0.373. The summed E-state index contributed by atoms with van der Waals surface area (Å²) in [5.74, 6) is 0.488. The van der Waals surface area contributed by atoms with Crippen LogP contribution in [0, 0.1) is 10.1 Å². The average molecular weight is 354 g/mol. The molecular weight excluding hydrogens is 336 g/mol. The van der Waals surface area contributed by atoms with Crippen molar-refractivity contribution >= 4 is 22.3 Å². The second kappa shape index (κ2) is 8.21. The van der Waals surface area contributed by atoms with Gasteiger partial charge in [0.05, 0.1) is 4.92 Å². The number of methoxy groups -OCH3 is 1. The number of ether oxygens (including phenoxy) is 2. The fourth-order valence-electron chi connectivity index (χ4n) is 2.50. The van der Waals surface area contributed by atoms with E-state index < -0.39 is 4.92 Å². The Morgan fingerprint density at radius 3 is 2.73 bits per heavy atom. The Kier molecular flexibility index (Phi) is 5.55. The lowest BCUT2D eigenvalue weighted by Gasteiger charge is -2.09. The van der Waals surface area contributed by atoms with Crippen LogP contribution in [0.2, 0.25) is 0 Å². The maximum Gasteiger partial charge on any atom is 0.373 e. The molecule has 0 saturated carbocycles. The maximum atomic E-state index is 11.5. The van der Waals surface area contributed by atoms with Crippen molar-refractivity contribution in [2.45, 2.75) is 6.42 Å². The summed E-state index contributed by atoms with van der Waals surface area (Å²) in [4.78, 5) is 18.9. The number of aromatic nitrogens is 2. The van der Waals surface area contributed by atoms with Gasteiger partial charge in [-0.2, -0.15) is 4.98 Å². The molecule has 3 rings (SSSR count). The average Bonchev–Trinajstić information content (AvgIpc) is 2.65. The highest BCUT2D eigenvalue weighted by atomic mass is 16.6. The van der Waals surface area contributed by atoms with Crippen molar-refractivity contribution in [1.29, 1.82) is 0 Å². The molecule has 1 aromatic heterocycles. The van der Waals surface area contributed by atoms with Gasteiger partial charge in [0, 0.05) is 20.3 Å². The van der Waals surface area contributed by atoms with Gasteiger partial charge in [-0.1, -0.05) is 30.3 Å². The van der Waals surface area contributed by atoms with E-state index >= 15 is 0 Å². The van der Waals surface area contributed by atoms with Crippen molar-refractivity contribution in [3.05, 3.63) is 58.9 Å². The summed E-state index contributed by atoms with van der Waals surface area (Å²) >= 11 is 0. The van der Waals surface area contributed by atoms with Crippen LogP contribution in [0.5, 0.6) is 11.6 Å². The number of anilines is 1. The molecule has 0 unspecified atom stereocenters. The normalized spacial score (nSPS) is 10.7. The van der Waals surface area contributed by atoms with Crippen molar-refractivity contribution in [3.8, 4) is 11.6 Å². The summed E-state index contributed by atoms with van der Waals surface area (Å²) in [5.41, 5.74) is -0.293. The molecule has 0 aliphatic heterocycles. The molecule has 8 nitrogen and oxygen atoms in total. The van der Waals surface area contributed by atoms with Gasteiger partial charge in [0.15, 0.2) is 0 Å². The first kappa shape index (κ1) is 17.6. The second-order valence-corrected chi connectivity index (χ2v) is 5.52. The van der Waals surface area contributed by atoms with Gasteiger partial charge < -0.3 is 14.8 Å². The summed E-state index contributed by atoms with van der Waals surface area (Å²) in [5, 5.41) is 16.5. The Bertz CT molecular complexity index is 917. The zero-order chi connectivity index (χ0) is 18.4. The molecule has 0 bridgehead atoms. The van der Waals surface area contributed by atoms with Crippen molar-refractivity contribution in [2.24, 2.45) is 0 Å². The van der Waals surface area contributed by atoms with Crippen molar-refractivity contribution in [1.82, 2.24) is 9.97 Å². The minimum Gasteiger partial charge on any atom is -0.434 e. The Balaban J connectivity index is 1.86. The fourth-order valence-corrected chi connectivity index (χ4v) is 2.50. The van der Waals surface area contributed by atoms with E-state index in [9.17, 15) is 10.1 Å². The molecule has 1 N–H and O–H groups in total. The fraction of sp³-hybridized carbons (Fsp3) is 0.222. The molecule has 3 aromatic rings. The molecule has 8 heteroatoms. The summed E-state index contributed by atoms with van der Waals surface area (Å²) in [6.45, 7) is 1.04. The Morgan fingerprint density at radius 1 is 1.15 bits per heavy atom. The molecule has 0 atom stereocenters. The molecule has 0 aliphatic carbocycles. The van der Waals surface area contributed by atoms with Crippen LogP contribution in [0.1, 0.15) is 6.42 Å². The van der Waals surface area contributed by atoms with Gasteiger partial charge >= 0.3 is 11.6 Å². The number of nitrogens with one attached hydrogen (secondary N) is 1. The van der Waals surface area contributed by atoms with E-state index in [1.54, 1.807) is 13.2 Å². The van der Waals surface area contributed by atoms with Crippen LogP contribution in [0.3, 0.4) is 0 Å². The second-order valence-electron chi connectivity index (χ2n) is 5.52. The topological polar surface area (TPSA) is 99.4 Å². The number of hydrogen-bond acceptors (Lipinski definition) is 7. The number of benzene rings is 2. The molecule has 0 fully saturated rings. The predicted molar refractivity (Wildman–Crippen MR) is 97.7 cm³/mol. The van der Waals surface area contributed by atoms with Gasteiger partial charge in [0.2, 0.25) is 5.82 Å². The van der Waals surface area contributed by atoms with Crippen LogP contribution in [0.25, 0.3) is 10.8 Å². The number of hydrogen-bond donors (Lipinski definition) is 1. The largest absolute Gasteiger partial charge is 0.434 e. The summed E-state index contributed by atoms with van der Waals surface area (Å²) in [7, 11) is 1.60. The SMILES string of the molecule is COCCCNc1ncnc(Oc2ccc3ccccc3c2)c1[N+](=O)[O-]. The Labute approximate surface area is 149 Å². The molecule has 0 amide bonds. The van der Waals surface area contributed by atoms with Crippen LogP contribution in [-0.2, 0) is 4.74 Å². The first-order valence-electron chi connectivity index (χ1n) is 8.08. The van der Waals surface area contributed by atoms with Gasteiger partial charge in [-0.3, -0.25) is 10.1 Å². The van der Waals surface area contributed by atoms with E-state index in [-0.39, 0.29) is 17.4 Å². The van der Waals surface area contributed by atoms with E-state index in [0.717, 1.165) is 10.8 Å². The monoisotopic (exact) mass is 354 g/mol. The van der Waals surface area contributed by atoms with Crippen molar-refractivity contribution in [3.63, 3.8) is 0 Å². The first-order valence-corrected chi connectivity index (χ1v) is 8.08. The van der Waals surface area contributed by atoms with E-state index in [2.05, 4.69) is 15.3 Å². The molecule has 0 radical (unpaired) electrons. The highest BCUT2D eigenvalue weighted by Gasteiger charge is 2.24. The number of fused-ring (bicyclic) bond motifs is 1. The summed E-state index contributed by atoms with van der Waals surface area (Å²) in [6, 6.07) is 13.2. The third kappa shape index (κ3) is 4.04. The minimum absolute atomic E-state index is 0.102. The van der Waals surface area contributed by atoms with E-state index in [1.165, 1.54) is 6.33 Å². The molecule has 0 spiro atoms. The van der Waals surface area contributed by atoms with Crippen molar-refractivity contribution < 1.29 is 14.4 Å². The van der Waals surface area contributed by atoms with Gasteiger partial charge in [-0.15, -0.1) is 0 Å². The zero-order valence-electron chi connectivity index (χ0n) is 14.2. The molecular formula is C18H18N4O4. The number of nitrogens with zero attached hydrogens (tertiary/aromatic N) is 3. The Morgan fingerprint density at radius 2 is 1.96 bits per heavy atom. The van der Waals surface area contributed by atoms with Crippen LogP contribution in [0.15, 0.2) is 48.8 Å². The third-order valence-corrected chi connectivity index (χ3v) is 3.72. The van der Waals surface area contributed by atoms with E-state index in [4.69, 9.17) is 9.47 Å². The molecule has 2 aromatic carbocycles. The third-order valence-electron chi connectivity index (χ3n) is 3.72.